The van der Waals surface area contributed by atoms with Crippen LogP contribution in [0.15, 0.2) is 36.4 Å². The quantitative estimate of drug-likeness (QED) is 0.906. The Hall–Kier alpha value is -3.02. The molecule has 6 heteroatoms. The van der Waals surface area contributed by atoms with Crippen LogP contribution >= 0.6 is 0 Å². The van der Waals surface area contributed by atoms with Gasteiger partial charge in [-0.1, -0.05) is 12.1 Å². The van der Waals surface area contributed by atoms with E-state index in [-0.39, 0.29) is 11.8 Å². The van der Waals surface area contributed by atoms with Gasteiger partial charge in [0.1, 0.15) is 11.5 Å². The molecule has 2 aromatic rings. The van der Waals surface area contributed by atoms with Gasteiger partial charge in [0.2, 0.25) is 5.91 Å². The van der Waals surface area contributed by atoms with E-state index in [0.717, 1.165) is 16.8 Å². The number of methoxy groups -OCH3 is 2. The monoisotopic (exact) mass is 340 g/mol. The molecule has 0 atom stereocenters. The molecule has 25 heavy (non-hydrogen) atoms. The molecule has 0 aliphatic carbocycles. The summed E-state index contributed by atoms with van der Waals surface area (Å²) in [5.74, 6) is 0.984. The van der Waals surface area contributed by atoms with Gasteiger partial charge >= 0.3 is 0 Å². The molecular formula is C19H20N2O4. The topological polar surface area (TPSA) is 67.9 Å². The Morgan fingerprint density at radius 3 is 2.44 bits per heavy atom. The van der Waals surface area contributed by atoms with Crippen LogP contribution in [0, 0.1) is 0 Å². The number of benzene rings is 2. The lowest BCUT2D eigenvalue weighted by Gasteiger charge is -2.12. The van der Waals surface area contributed by atoms with Crippen molar-refractivity contribution in [3.05, 3.63) is 53.1 Å². The SMILES string of the molecule is COc1cc(OC)cc(C(=O)NCc2ccc3c(c2)CC(=O)N3C)c1. The molecule has 1 aliphatic heterocycles. The Labute approximate surface area is 146 Å². The predicted molar refractivity (Wildman–Crippen MR) is 94.3 cm³/mol. The maximum atomic E-state index is 12.4. The minimum Gasteiger partial charge on any atom is -0.497 e. The summed E-state index contributed by atoms with van der Waals surface area (Å²) < 4.78 is 10.4. The molecule has 0 saturated heterocycles. The van der Waals surface area contributed by atoms with Crippen LogP contribution in [-0.4, -0.2) is 33.1 Å². The number of nitrogens with zero attached hydrogens (tertiary/aromatic N) is 1. The van der Waals surface area contributed by atoms with Gasteiger partial charge in [-0.05, 0) is 29.3 Å². The first-order valence-corrected chi connectivity index (χ1v) is 7.91. The van der Waals surface area contributed by atoms with Crippen molar-refractivity contribution in [3.8, 4) is 11.5 Å². The van der Waals surface area contributed by atoms with Gasteiger partial charge in [0.25, 0.3) is 5.91 Å². The fourth-order valence-electron chi connectivity index (χ4n) is 2.86. The first kappa shape index (κ1) is 16.8. The molecule has 0 unspecified atom stereocenters. The van der Waals surface area contributed by atoms with Crippen molar-refractivity contribution in [2.75, 3.05) is 26.2 Å². The van der Waals surface area contributed by atoms with Crippen LogP contribution in [0.1, 0.15) is 21.5 Å². The maximum Gasteiger partial charge on any atom is 0.251 e. The molecule has 6 nitrogen and oxygen atoms in total. The third-order valence-electron chi connectivity index (χ3n) is 4.29. The molecule has 2 amide bonds. The molecule has 1 N–H and O–H groups in total. The lowest BCUT2D eigenvalue weighted by molar-refractivity contribution is -0.117. The number of amides is 2. The molecular weight excluding hydrogens is 320 g/mol. The smallest absolute Gasteiger partial charge is 0.251 e. The number of hydrogen-bond donors (Lipinski definition) is 1. The van der Waals surface area contributed by atoms with Gasteiger partial charge in [0, 0.05) is 30.9 Å². The van der Waals surface area contributed by atoms with Crippen molar-refractivity contribution in [1.82, 2.24) is 5.32 Å². The summed E-state index contributed by atoms with van der Waals surface area (Å²) in [5, 5.41) is 2.88. The molecule has 0 spiro atoms. The number of likely N-dealkylation sites (N-methyl/N-ethyl adjacent to an activating group) is 1. The Morgan fingerprint density at radius 1 is 1.12 bits per heavy atom. The van der Waals surface area contributed by atoms with Crippen LogP contribution in [0.25, 0.3) is 0 Å². The van der Waals surface area contributed by atoms with Gasteiger partial charge < -0.3 is 19.7 Å². The molecule has 0 bridgehead atoms. The van der Waals surface area contributed by atoms with Crippen LogP contribution in [0.5, 0.6) is 11.5 Å². The summed E-state index contributed by atoms with van der Waals surface area (Å²) >= 11 is 0. The summed E-state index contributed by atoms with van der Waals surface area (Å²) in [6, 6.07) is 10.8. The highest BCUT2D eigenvalue weighted by atomic mass is 16.5. The van der Waals surface area contributed by atoms with Crippen molar-refractivity contribution in [2.24, 2.45) is 0 Å². The second-order valence-electron chi connectivity index (χ2n) is 5.88. The van der Waals surface area contributed by atoms with Crippen LogP contribution in [0.2, 0.25) is 0 Å². The normalized spacial score (nSPS) is 12.8. The van der Waals surface area contributed by atoms with E-state index in [4.69, 9.17) is 9.47 Å². The third-order valence-corrected chi connectivity index (χ3v) is 4.29. The number of nitrogens with one attached hydrogen (secondary N) is 1. The number of ether oxygens (including phenoxy) is 2. The van der Waals surface area contributed by atoms with E-state index < -0.39 is 0 Å². The second kappa shape index (κ2) is 6.84. The lowest BCUT2D eigenvalue weighted by atomic mass is 10.1. The first-order chi connectivity index (χ1) is 12.0. The minimum atomic E-state index is -0.217. The van der Waals surface area contributed by atoms with E-state index in [1.54, 1.807) is 44.4 Å². The number of hydrogen-bond acceptors (Lipinski definition) is 4. The van der Waals surface area contributed by atoms with Crippen molar-refractivity contribution >= 4 is 17.5 Å². The zero-order valence-electron chi connectivity index (χ0n) is 14.5. The summed E-state index contributed by atoms with van der Waals surface area (Å²) in [6.45, 7) is 0.379. The predicted octanol–water partition coefficient (Wildman–Crippen LogP) is 2.15. The molecule has 2 aromatic carbocycles. The molecule has 0 saturated carbocycles. The maximum absolute atomic E-state index is 12.4. The van der Waals surface area contributed by atoms with Crippen LogP contribution in [0.3, 0.4) is 0 Å². The Morgan fingerprint density at radius 2 is 1.80 bits per heavy atom. The fourth-order valence-corrected chi connectivity index (χ4v) is 2.86. The zero-order valence-corrected chi connectivity index (χ0v) is 14.5. The van der Waals surface area contributed by atoms with Crippen molar-refractivity contribution in [2.45, 2.75) is 13.0 Å². The molecule has 0 radical (unpaired) electrons. The van der Waals surface area contributed by atoms with Crippen molar-refractivity contribution in [1.29, 1.82) is 0 Å². The highest BCUT2D eigenvalue weighted by Gasteiger charge is 2.23. The van der Waals surface area contributed by atoms with E-state index in [1.807, 2.05) is 18.2 Å². The second-order valence-corrected chi connectivity index (χ2v) is 5.88. The highest BCUT2D eigenvalue weighted by Crippen LogP contribution is 2.28. The zero-order chi connectivity index (χ0) is 18.0. The third kappa shape index (κ3) is 3.42. The van der Waals surface area contributed by atoms with Gasteiger partial charge in [0.05, 0.1) is 20.6 Å². The molecule has 3 rings (SSSR count). The van der Waals surface area contributed by atoms with Crippen LogP contribution in [0.4, 0.5) is 5.69 Å². The summed E-state index contributed by atoms with van der Waals surface area (Å²) in [7, 11) is 4.85. The van der Waals surface area contributed by atoms with E-state index in [1.165, 1.54) is 0 Å². The van der Waals surface area contributed by atoms with Gasteiger partial charge in [-0.25, -0.2) is 0 Å². The molecule has 1 heterocycles. The average molecular weight is 340 g/mol. The highest BCUT2D eigenvalue weighted by molar-refractivity contribution is 6.01. The number of anilines is 1. The largest absolute Gasteiger partial charge is 0.497 e. The van der Waals surface area contributed by atoms with Gasteiger partial charge in [-0.15, -0.1) is 0 Å². The first-order valence-electron chi connectivity index (χ1n) is 7.91. The van der Waals surface area contributed by atoms with Gasteiger partial charge in [-0.3, -0.25) is 9.59 Å². The number of rotatable bonds is 5. The van der Waals surface area contributed by atoms with E-state index >= 15 is 0 Å². The van der Waals surface area contributed by atoms with Crippen LogP contribution < -0.4 is 19.7 Å². The summed E-state index contributed by atoms with van der Waals surface area (Å²) in [5.41, 5.74) is 3.33. The minimum absolute atomic E-state index is 0.0830. The van der Waals surface area contributed by atoms with E-state index in [2.05, 4.69) is 5.32 Å². The lowest BCUT2D eigenvalue weighted by Crippen LogP contribution is -2.23. The number of carbonyl (C=O) groups excluding carboxylic acids is 2. The fraction of sp³-hybridized carbons (Fsp3) is 0.263. The van der Waals surface area contributed by atoms with E-state index in [9.17, 15) is 9.59 Å². The number of carbonyl (C=O) groups is 2. The Bertz CT molecular complexity index is 810. The standard InChI is InChI=1S/C19H20N2O4/c1-21-17-5-4-12(6-13(17)9-18(21)22)11-20-19(23)14-7-15(24-2)10-16(8-14)25-3/h4-8,10H,9,11H2,1-3H3,(H,20,23). The van der Waals surface area contributed by atoms with Gasteiger partial charge in [0.15, 0.2) is 0 Å². The number of fused-ring (bicyclic) bond motifs is 1. The molecule has 0 aromatic heterocycles. The molecule has 1 aliphatic rings. The summed E-state index contributed by atoms with van der Waals surface area (Å²) in [6.07, 6.45) is 0.403. The van der Waals surface area contributed by atoms with Crippen molar-refractivity contribution < 1.29 is 19.1 Å². The molecule has 130 valence electrons. The summed E-state index contributed by atoms with van der Waals surface area (Å²) in [4.78, 5) is 25.8. The molecule has 0 fully saturated rings. The van der Waals surface area contributed by atoms with Crippen molar-refractivity contribution in [3.63, 3.8) is 0 Å². The Kier molecular flexibility index (Phi) is 4.61. The van der Waals surface area contributed by atoms with E-state index in [0.29, 0.717) is 30.0 Å². The van der Waals surface area contributed by atoms with Crippen LogP contribution in [-0.2, 0) is 17.8 Å². The Balaban J connectivity index is 1.71. The average Bonchev–Trinajstić information content (AvgIpc) is 2.92. The van der Waals surface area contributed by atoms with Gasteiger partial charge in [-0.2, -0.15) is 0 Å².